The summed E-state index contributed by atoms with van der Waals surface area (Å²) in [5.74, 6) is 0. The molecular formula is C9H10O2. The quantitative estimate of drug-likeness (QED) is 0.599. The number of hydrogen-bond acceptors (Lipinski definition) is 2. The summed E-state index contributed by atoms with van der Waals surface area (Å²) < 4.78 is 5.06. The van der Waals surface area contributed by atoms with Crippen molar-refractivity contribution in [1.82, 2.24) is 0 Å². The van der Waals surface area contributed by atoms with Crippen LogP contribution >= 0.6 is 0 Å². The Balaban J connectivity index is 2.34. The molecular weight excluding hydrogens is 140 g/mol. The van der Waals surface area contributed by atoms with Crippen LogP contribution in [-0.4, -0.2) is 11.4 Å². The molecule has 2 nitrogen and oxygen atoms in total. The number of hydrogen-bond donors (Lipinski definition) is 1. The Morgan fingerprint density at radius 1 is 1.27 bits per heavy atom. The molecule has 0 aromatic heterocycles. The zero-order valence-corrected chi connectivity index (χ0v) is 6.16. The van der Waals surface area contributed by atoms with Crippen molar-refractivity contribution in [3.05, 3.63) is 35.4 Å². The molecule has 1 aliphatic heterocycles. The molecule has 1 heterocycles. The minimum atomic E-state index is -0.607. The molecule has 11 heavy (non-hydrogen) atoms. The van der Waals surface area contributed by atoms with Crippen molar-refractivity contribution in [3.63, 3.8) is 0 Å². The molecule has 2 rings (SSSR count). The Morgan fingerprint density at radius 2 is 2.00 bits per heavy atom. The highest BCUT2D eigenvalue weighted by atomic mass is 16.6. The second-order valence-electron chi connectivity index (χ2n) is 2.74. The average Bonchev–Trinajstić information content (AvgIpc) is 2.04. The number of aliphatic hydroxyl groups excluding tert-OH is 1. The highest BCUT2D eigenvalue weighted by molar-refractivity contribution is 5.27. The van der Waals surface area contributed by atoms with Gasteiger partial charge < -0.3 is 9.84 Å². The molecule has 1 aromatic carbocycles. The lowest BCUT2D eigenvalue weighted by molar-refractivity contribution is -0.115. The summed E-state index contributed by atoms with van der Waals surface area (Å²) in [6.45, 7) is 0.539. The van der Waals surface area contributed by atoms with Gasteiger partial charge in [-0.3, -0.25) is 0 Å². The summed E-state index contributed by atoms with van der Waals surface area (Å²) in [7, 11) is 0. The van der Waals surface area contributed by atoms with Crippen LogP contribution in [0.2, 0.25) is 0 Å². The molecule has 58 valence electrons. The van der Waals surface area contributed by atoms with E-state index in [0.29, 0.717) is 13.0 Å². The molecule has 0 radical (unpaired) electrons. The number of benzene rings is 1. The molecule has 1 aromatic rings. The number of fused-ring (bicyclic) bond motifs is 1. The Hall–Kier alpha value is -0.860. The molecule has 1 atom stereocenters. The zero-order valence-electron chi connectivity index (χ0n) is 6.16. The number of rotatable bonds is 0. The number of ether oxygens (including phenoxy) is 1. The van der Waals surface area contributed by atoms with E-state index in [0.717, 1.165) is 0 Å². The van der Waals surface area contributed by atoms with Crippen LogP contribution in [0.5, 0.6) is 0 Å². The van der Waals surface area contributed by atoms with Gasteiger partial charge in [-0.1, -0.05) is 24.3 Å². The first-order valence-electron chi connectivity index (χ1n) is 3.73. The van der Waals surface area contributed by atoms with E-state index < -0.39 is 6.29 Å². The summed E-state index contributed by atoms with van der Waals surface area (Å²) in [6.07, 6.45) is 0.0146. The van der Waals surface area contributed by atoms with Crippen LogP contribution < -0.4 is 0 Å². The van der Waals surface area contributed by atoms with E-state index in [9.17, 15) is 0 Å². The molecule has 0 saturated carbocycles. The summed E-state index contributed by atoms with van der Waals surface area (Å²) in [5, 5.41) is 9.13. The monoisotopic (exact) mass is 150 g/mol. The normalized spacial score (nSPS) is 22.8. The van der Waals surface area contributed by atoms with Gasteiger partial charge in [0, 0.05) is 6.42 Å². The van der Waals surface area contributed by atoms with Gasteiger partial charge in [-0.2, -0.15) is 0 Å². The molecule has 0 fully saturated rings. The molecule has 1 aliphatic rings. The third-order valence-corrected chi connectivity index (χ3v) is 1.94. The van der Waals surface area contributed by atoms with Gasteiger partial charge in [0.2, 0.25) is 0 Å². The van der Waals surface area contributed by atoms with Crippen molar-refractivity contribution in [2.24, 2.45) is 0 Å². The fourth-order valence-electron chi connectivity index (χ4n) is 1.33. The van der Waals surface area contributed by atoms with Gasteiger partial charge in [0.15, 0.2) is 6.29 Å². The smallest absolute Gasteiger partial charge is 0.159 e. The average molecular weight is 150 g/mol. The molecule has 1 N–H and O–H groups in total. The second-order valence-corrected chi connectivity index (χ2v) is 2.74. The van der Waals surface area contributed by atoms with Crippen LogP contribution in [-0.2, 0) is 17.8 Å². The van der Waals surface area contributed by atoms with Crippen molar-refractivity contribution in [2.45, 2.75) is 19.3 Å². The Labute approximate surface area is 65.4 Å². The fraction of sp³-hybridized carbons (Fsp3) is 0.333. The molecule has 0 saturated heterocycles. The first kappa shape index (κ1) is 6.83. The maximum absolute atomic E-state index is 9.13. The van der Waals surface area contributed by atoms with Crippen LogP contribution in [0.1, 0.15) is 11.1 Å². The zero-order chi connectivity index (χ0) is 7.68. The third-order valence-electron chi connectivity index (χ3n) is 1.94. The lowest BCUT2D eigenvalue weighted by Gasteiger charge is -2.20. The van der Waals surface area contributed by atoms with Crippen LogP contribution in [0.15, 0.2) is 24.3 Å². The van der Waals surface area contributed by atoms with E-state index in [1.807, 2.05) is 24.3 Å². The first-order chi connectivity index (χ1) is 5.36. The standard InChI is InChI=1S/C9H10O2/c10-9-5-7-3-1-2-4-8(7)6-11-9/h1-4,9-10H,5-6H2. The topological polar surface area (TPSA) is 29.5 Å². The van der Waals surface area contributed by atoms with Gasteiger partial charge in [0.25, 0.3) is 0 Å². The van der Waals surface area contributed by atoms with E-state index in [2.05, 4.69) is 0 Å². The van der Waals surface area contributed by atoms with Crippen LogP contribution in [0.4, 0.5) is 0 Å². The Morgan fingerprint density at radius 3 is 2.82 bits per heavy atom. The molecule has 0 spiro atoms. The maximum Gasteiger partial charge on any atom is 0.159 e. The van der Waals surface area contributed by atoms with Crippen molar-refractivity contribution < 1.29 is 9.84 Å². The van der Waals surface area contributed by atoms with Crippen LogP contribution in [0.25, 0.3) is 0 Å². The first-order valence-corrected chi connectivity index (χ1v) is 3.73. The predicted octanol–water partition coefficient (Wildman–Crippen LogP) is 1.08. The van der Waals surface area contributed by atoms with E-state index >= 15 is 0 Å². The second kappa shape index (κ2) is 2.64. The van der Waals surface area contributed by atoms with Crippen molar-refractivity contribution in [3.8, 4) is 0 Å². The largest absolute Gasteiger partial charge is 0.368 e. The number of aliphatic hydroxyl groups is 1. The highest BCUT2D eigenvalue weighted by Crippen LogP contribution is 2.18. The van der Waals surface area contributed by atoms with E-state index in [1.165, 1.54) is 11.1 Å². The van der Waals surface area contributed by atoms with Crippen molar-refractivity contribution >= 4 is 0 Å². The van der Waals surface area contributed by atoms with Crippen LogP contribution in [0, 0.1) is 0 Å². The van der Waals surface area contributed by atoms with Gasteiger partial charge in [-0.25, -0.2) is 0 Å². The van der Waals surface area contributed by atoms with Crippen LogP contribution in [0.3, 0.4) is 0 Å². The summed E-state index contributed by atoms with van der Waals surface area (Å²) in [6, 6.07) is 8.03. The van der Waals surface area contributed by atoms with Crippen molar-refractivity contribution in [2.75, 3.05) is 0 Å². The molecule has 0 bridgehead atoms. The van der Waals surface area contributed by atoms with Gasteiger partial charge in [-0.05, 0) is 11.1 Å². The molecule has 0 aliphatic carbocycles. The molecule has 1 unspecified atom stereocenters. The molecule has 0 amide bonds. The lowest BCUT2D eigenvalue weighted by Crippen LogP contribution is -2.21. The Kier molecular flexibility index (Phi) is 1.64. The summed E-state index contributed by atoms with van der Waals surface area (Å²) in [5.41, 5.74) is 2.39. The molecule has 2 heteroatoms. The maximum atomic E-state index is 9.13. The third kappa shape index (κ3) is 1.27. The van der Waals surface area contributed by atoms with Gasteiger partial charge in [0.1, 0.15) is 0 Å². The van der Waals surface area contributed by atoms with E-state index in [4.69, 9.17) is 9.84 Å². The van der Waals surface area contributed by atoms with Gasteiger partial charge in [0.05, 0.1) is 6.61 Å². The van der Waals surface area contributed by atoms with Gasteiger partial charge >= 0.3 is 0 Å². The summed E-state index contributed by atoms with van der Waals surface area (Å²) in [4.78, 5) is 0. The predicted molar refractivity (Wildman–Crippen MR) is 40.9 cm³/mol. The fourth-order valence-corrected chi connectivity index (χ4v) is 1.33. The van der Waals surface area contributed by atoms with Crippen molar-refractivity contribution in [1.29, 1.82) is 0 Å². The van der Waals surface area contributed by atoms with E-state index in [-0.39, 0.29) is 0 Å². The Bertz CT molecular complexity index is 257. The highest BCUT2D eigenvalue weighted by Gasteiger charge is 2.14. The summed E-state index contributed by atoms with van der Waals surface area (Å²) >= 11 is 0. The lowest BCUT2D eigenvalue weighted by atomic mass is 10.0. The van der Waals surface area contributed by atoms with E-state index in [1.54, 1.807) is 0 Å². The SMILES string of the molecule is OC1Cc2ccccc2CO1. The van der Waals surface area contributed by atoms with Gasteiger partial charge in [-0.15, -0.1) is 0 Å². The minimum Gasteiger partial charge on any atom is -0.368 e. The minimum absolute atomic E-state index is 0.539.